The topological polar surface area (TPSA) is 64.7 Å². The van der Waals surface area contributed by atoms with Gasteiger partial charge in [-0.15, -0.1) is 0 Å². The Labute approximate surface area is 184 Å². The first-order valence-corrected chi connectivity index (χ1v) is 11.4. The molecule has 2 aromatic rings. The highest BCUT2D eigenvalue weighted by molar-refractivity contribution is 5.95. The van der Waals surface area contributed by atoms with Crippen molar-refractivity contribution in [3.05, 3.63) is 59.7 Å². The molecule has 1 saturated carbocycles. The quantitative estimate of drug-likeness (QED) is 0.770. The van der Waals surface area contributed by atoms with Crippen molar-refractivity contribution < 1.29 is 9.59 Å². The van der Waals surface area contributed by atoms with E-state index in [-0.39, 0.29) is 11.9 Å². The third kappa shape index (κ3) is 5.37. The van der Waals surface area contributed by atoms with Crippen LogP contribution < -0.4 is 15.5 Å². The van der Waals surface area contributed by atoms with Crippen molar-refractivity contribution in [2.45, 2.75) is 45.1 Å². The third-order valence-electron chi connectivity index (χ3n) is 6.37. The molecule has 2 N–H and O–H groups in total. The second kappa shape index (κ2) is 9.86. The van der Waals surface area contributed by atoms with Crippen LogP contribution in [0, 0.1) is 6.92 Å². The van der Waals surface area contributed by atoms with E-state index in [9.17, 15) is 9.59 Å². The highest BCUT2D eigenvalue weighted by Crippen LogP contribution is 2.21. The summed E-state index contributed by atoms with van der Waals surface area (Å²) in [7, 11) is 0. The van der Waals surface area contributed by atoms with Gasteiger partial charge >= 0.3 is 6.03 Å². The van der Waals surface area contributed by atoms with Gasteiger partial charge in [0.05, 0.1) is 0 Å². The highest BCUT2D eigenvalue weighted by atomic mass is 16.2. The van der Waals surface area contributed by atoms with Crippen LogP contribution in [-0.4, -0.2) is 49.1 Å². The second-order valence-corrected chi connectivity index (χ2v) is 8.57. The van der Waals surface area contributed by atoms with Crippen molar-refractivity contribution in [3.8, 4) is 0 Å². The lowest BCUT2D eigenvalue weighted by atomic mass is 9.96. The number of anilines is 2. The van der Waals surface area contributed by atoms with Gasteiger partial charge in [-0.3, -0.25) is 4.79 Å². The van der Waals surface area contributed by atoms with E-state index in [1.165, 1.54) is 19.3 Å². The van der Waals surface area contributed by atoms with Crippen molar-refractivity contribution in [2.24, 2.45) is 0 Å². The van der Waals surface area contributed by atoms with Gasteiger partial charge in [-0.2, -0.15) is 0 Å². The molecule has 0 radical (unpaired) electrons. The van der Waals surface area contributed by atoms with E-state index >= 15 is 0 Å². The van der Waals surface area contributed by atoms with Gasteiger partial charge in [0, 0.05) is 49.2 Å². The van der Waals surface area contributed by atoms with E-state index in [4.69, 9.17) is 0 Å². The zero-order valence-corrected chi connectivity index (χ0v) is 18.3. The molecule has 6 heteroatoms. The van der Waals surface area contributed by atoms with Gasteiger partial charge in [0.25, 0.3) is 5.91 Å². The Balaban J connectivity index is 1.27. The number of piperazine rings is 1. The zero-order chi connectivity index (χ0) is 21.6. The Kier molecular flexibility index (Phi) is 6.75. The normalized spacial score (nSPS) is 17.3. The molecule has 2 fully saturated rings. The average Bonchev–Trinajstić information content (AvgIpc) is 2.80. The van der Waals surface area contributed by atoms with E-state index in [0.29, 0.717) is 19.1 Å². The molecule has 1 heterocycles. The Hall–Kier alpha value is -3.02. The zero-order valence-electron chi connectivity index (χ0n) is 18.3. The van der Waals surface area contributed by atoms with Crippen molar-refractivity contribution >= 4 is 23.3 Å². The first kappa shape index (κ1) is 21.2. The maximum absolute atomic E-state index is 12.8. The van der Waals surface area contributed by atoms with Crippen LogP contribution in [0.2, 0.25) is 0 Å². The number of benzene rings is 2. The van der Waals surface area contributed by atoms with Gasteiger partial charge in [-0.25, -0.2) is 4.79 Å². The van der Waals surface area contributed by atoms with Crippen molar-refractivity contribution in [3.63, 3.8) is 0 Å². The molecule has 0 atom stereocenters. The maximum atomic E-state index is 12.8. The minimum atomic E-state index is -0.122. The smallest absolute Gasteiger partial charge is 0.319 e. The van der Waals surface area contributed by atoms with Gasteiger partial charge in [-0.1, -0.05) is 37.5 Å². The van der Waals surface area contributed by atoms with Crippen LogP contribution in [-0.2, 0) is 0 Å². The molecule has 0 bridgehead atoms. The molecule has 0 unspecified atom stereocenters. The van der Waals surface area contributed by atoms with Crippen molar-refractivity contribution in [1.29, 1.82) is 0 Å². The summed E-state index contributed by atoms with van der Waals surface area (Å²) in [6, 6.07) is 15.9. The number of hydrogen-bond acceptors (Lipinski definition) is 3. The molecule has 3 amide bonds. The van der Waals surface area contributed by atoms with E-state index in [2.05, 4.69) is 15.5 Å². The number of nitrogens with one attached hydrogen (secondary N) is 2. The lowest BCUT2D eigenvalue weighted by Crippen LogP contribution is -2.48. The largest absolute Gasteiger partial charge is 0.368 e. The van der Waals surface area contributed by atoms with E-state index in [1.54, 1.807) is 0 Å². The number of urea groups is 1. The van der Waals surface area contributed by atoms with E-state index in [0.717, 1.165) is 48.4 Å². The van der Waals surface area contributed by atoms with Crippen LogP contribution in [0.4, 0.5) is 16.2 Å². The van der Waals surface area contributed by atoms with Crippen LogP contribution in [0.15, 0.2) is 48.5 Å². The molecule has 4 rings (SSSR count). The number of carbonyl (C=O) groups excluding carboxylic acids is 2. The fourth-order valence-corrected chi connectivity index (χ4v) is 4.51. The monoisotopic (exact) mass is 420 g/mol. The van der Waals surface area contributed by atoms with Gasteiger partial charge in [-0.05, 0) is 55.7 Å². The lowest BCUT2D eigenvalue weighted by molar-refractivity contribution is 0.0746. The number of nitrogens with zero attached hydrogens (tertiary/aromatic N) is 2. The molecule has 2 aliphatic rings. The molecule has 2 aromatic carbocycles. The summed E-state index contributed by atoms with van der Waals surface area (Å²) in [6.07, 6.45) is 5.82. The van der Waals surface area contributed by atoms with Crippen LogP contribution in [0.5, 0.6) is 0 Å². The molecule has 0 spiro atoms. The Morgan fingerprint density at radius 2 is 1.55 bits per heavy atom. The Morgan fingerprint density at radius 3 is 2.23 bits per heavy atom. The fourth-order valence-electron chi connectivity index (χ4n) is 4.51. The second-order valence-electron chi connectivity index (χ2n) is 8.57. The molecule has 164 valence electrons. The van der Waals surface area contributed by atoms with Gasteiger partial charge in [0.2, 0.25) is 0 Å². The average molecular weight is 421 g/mol. The van der Waals surface area contributed by atoms with Crippen molar-refractivity contribution in [1.82, 2.24) is 10.2 Å². The lowest BCUT2D eigenvalue weighted by Gasteiger charge is -2.36. The highest BCUT2D eigenvalue weighted by Gasteiger charge is 2.23. The molecule has 6 nitrogen and oxygen atoms in total. The standard InChI is InChI=1S/C25H32N4O2/c1-19-7-5-6-10-23(19)24(30)29-17-15-28(16-18-29)22-13-11-21(12-14-22)27-25(31)26-20-8-3-2-4-9-20/h5-7,10-14,20H,2-4,8-9,15-18H2,1H3,(H2,26,27,31). The molecule has 1 aliphatic carbocycles. The van der Waals surface area contributed by atoms with Crippen LogP contribution >= 0.6 is 0 Å². The number of amides is 3. The molecule has 1 aliphatic heterocycles. The predicted octanol–water partition coefficient (Wildman–Crippen LogP) is 4.41. The summed E-state index contributed by atoms with van der Waals surface area (Å²) >= 11 is 0. The number of carbonyl (C=O) groups is 2. The minimum absolute atomic E-state index is 0.112. The number of hydrogen-bond donors (Lipinski definition) is 2. The summed E-state index contributed by atoms with van der Waals surface area (Å²) in [5.41, 5.74) is 3.72. The van der Waals surface area contributed by atoms with Crippen LogP contribution in [0.1, 0.15) is 48.0 Å². The molecular formula is C25H32N4O2. The van der Waals surface area contributed by atoms with Gasteiger partial charge in [0.1, 0.15) is 0 Å². The Bertz CT molecular complexity index is 898. The molecular weight excluding hydrogens is 388 g/mol. The maximum Gasteiger partial charge on any atom is 0.319 e. The summed E-state index contributed by atoms with van der Waals surface area (Å²) in [5.74, 6) is 0.112. The molecule has 0 aromatic heterocycles. The van der Waals surface area contributed by atoms with Crippen molar-refractivity contribution in [2.75, 3.05) is 36.4 Å². The van der Waals surface area contributed by atoms with Crippen LogP contribution in [0.25, 0.3) is 0 Å². The summed E-state index contributed by atoms with van der Waals surface area (Å²) in [4.78, 5) is 29.3. The SMILES string of the molecule is Cc1ccccc1C(=O)N1CCN(c2ccc(NC(=O)NC3CCCCC3)cc2)CC1. The first-order valence-electron chi connectivity index (χ1n) is 11.4. The van der Waals surface area contributed by atoms with Gasteiger partial charge in [0.15, 0.2) is 0 Å². The van der Waals surface area contributed by atoms with Gasteiger partial charge < -0.3 is 20.4 Å². The number of aryl methyl sites for hydroxylation is 1. The van der Waals surface area contributed by atoms with Crippen LogP contribution in [0.3, 0.4) is 0 Å². The summed E-state index contributed by atoms with van der Waals surface area (Å²) in [5, 5.41) is 6.02. The third-order valence-corrected chi connectivity index (χ3v) is 6.37. The Morgan fingerprint density at radius 1 is 0.871 bits per heavy atom. The molecule has 1 saturated heterocycles. The summed E-state index contributed by atoms with van der Waals surface area (Å²) < 4.78 is 0. The molecule has 31 heavy (non-hydrogen) atoms. The summed E-state index contributed by atoms with van der Waals surface area (Å²) in [6.45, 7) is 4.99. The van der Waals surface area contributed by atoms with E-state index in [1.807, 2.05) is 60.4 Å². The fraction of sp³-hybridized carbons (Fsp3) is 0.440. The minimum Gasteiger partial charge on any atom is -0.368 e. The van der Waals surface area contributed by atoms with E-state index < -0.39 is 0 Å². The first-order chi connectivity index (χ1) is 15.1. The predicted molar refractivity (Wildman–Crippen MR) is 125 cm³/mol. The number of rotatable bonds is 4.